The Morgan fingerprint density at radius 3 is 2.81 bits per heavy atom. The van der Waals surface area contributed by atoms with Crippen molar-refractivity contribution in [3.63, 3.8) is 0 Å². The number of rotatable bonds is 3. The highest BCUT2D eigenvalue weighted by Crippen LogP contribution is 2.32. The summed E-state index contributed by atoms with van der Waals surface area (Å²) in [7, 11) is 0. The molecule has 134 valence electrons. The Kier molecular flexibility index (Phi) is 4.37. The van der Waals surface area contributed by atoms with Crippen molar-refractivity contribution in [2.75, 3.05) is 16.8 Å². The van der Waals surface area contributed by atoms with Gasteiger partial charge in [-0.15, -0.1) is 0 Å². The number of fused-ring (bicyclic) bond motifs is 2. The van der Waals surface area contributed by atoms with Crippen LogP contribution in [-0.4, -0.2) is 24.5 Å². The fourth-order valence-electron chi connectivity index (χ4n) is 3.75. The van der Waals surface area contributed by atoms with E-state index in [1.165, 1.54) is 22.4 Å². The van der Waals surface area contributed by atoms with Gasteiger partial charge in [0.1, 0.15) is 12.3 Å². The van der Waals surface area contributed by atoms with E-state index in [4.69, 9.17) is 4.74 Å². The van der Waals surface area contributed by atoms with Gasteiger partial charge in [-0.05, 0) is 61.9 Å². The number of anilines is 2. The highest BCUT2D eigenvalue weighted by Gasteiger charge is 2.31. The van der Waals surface area contributed by atoms with Crippen LogP contribution >= 0.6 is 0 Å². The molecule has 26 heavy (non-hydrogen) atoms. The monoisotopic (exact) mass is 350 g/mol. The Morgan fingerprint density at radius 1 is 1.12 bits per heavy atom. The summed E-state index contributed by atoms with van der Waals surface area (Å²) in [5.41, 5.74) is 3.90. The molecule has 2 amide bonds. The summed E-state index contributed by atoms with van der Waals surface area (Å²) in [6.07, 6.45) is 3.73. The van der Waals surface area contributed by atoms with Crippen LogP contribution in [-0.2, 0) is 22.4 Å². The minimum absolute atomic E-state index is 0.0104. The lowest BCUT2D eigenvalue weighted by molar-refractivity contribution is -0.126. The standard InChI is InChI=1S/C21H22N2O3/c1-14(26-19-12-6-8-15-7-2-3-9-16(15)19)21(25)23-13-20(24)22-17-10-4-5-11-18(17)23/h4-6,8,10-12,14H,2-3,7,9,13H2,1H3,(H,22,24)/t14-/m1/s1. The molecule has 0 saturated carbocycles. The van der Waals surface area contributed by atoms with E-state index in [1.807, 2.05) is 30.3 Å². The van der Waals surface area contributed by atoms with E-state index < -0.39 is 6.10 Å². The average molecular weight is 350 g/mol. The smallest absolute Gasteiger partial charge is 0.268 e. The van der Waals surface area contributed by atoms with Crippen LogP contribution in [0.25, 0.3) is 0 Å². The number of hydrogen-bond donors (Lipinski definition) is 1. The number of carbonyl (C=O) groups excluding carboxylic acids is 2. The van der Waals surface area contributed by atoms with Crippen molar-refractivity contribution in [1.29, 1.82) is 0 Å². The maximum absolute atomic E-state index is 13.0. The Balaban J connectivity index is 1.57. The molecule has 4 rings (SSSR count). The molecule has 1 aliphatic carbocycles. The van der Waals surface area contributed by atoms with Crippen molar-refractivity contribution in [2.45, 2.75) is 38.7 Å². The lowest BCUT2D eigenvalue weighted by atomic mass is 9.91. The van der Waals surface area contributed by atoms with Crippen molar-refractivity contribution >= 4 is 23.2 Å². The quantitative estimate of drug-likeness (QED) is 0.924. The Labute approximate surface area is 153 Å². The third-order valence-corrected chi connectivity index (χ3v) is 5.04. The zero-order valence-corrected chi connectivity index (χ0v) is 14.8. The first kappa shape index (κ1) is 16.6. The second-order valence-corrected chi connectivity index (χ2v) is 6.85. The summed E-state index contributed by atoms with van der Waals surface area (Å²) < 4.78 is 6.06. The van der Waals surface area contributed by atoms with Crippen molar-refractivity contribution < 1.29 is 14.3 Å². The third-order valence-electron chi connectivity index (χ3n) is 5.04. The predicted molar refractivity (Wildman–Crippen MR) is 101 cm³/mol. The average Bonchev–Trinajstić information content (AvgIpc) is 2.67. The first-order chi connectivity index (χ1) is 12.6. The van der Waals surface area contributed by atoms with Crippen LogP contribution in [0.4, 0.5) is 11.4 Å². The molecule has 0 unspecified atom stereocenters. The number of aryl methyl sites for hydroxylation is 1. The van der Waals surface area contributed by atoms with Gasteiger partial charge >= 0.3 is 0 Å². The molecule has 0 spiro atoms. The van der Waals surface area contributed by atoms with E-state index in [9.17, 15) is 9.59 Å². The molecule has 1 aliphatic heterocycles. The predicted octanol–water partition coefficient (Wildman–Crippen LogP) is 3.32. The number of nitrogens with zero attached hydrogens (tertiary/aromatic N) is 1. The number of amides is 2. The molecule has 2 aromatic carbocycles. The highest BCUT2D eigenvalue weighted by atomic mass is 16.5. The summed E-state index contributed by atoms with van der Waals surface area (Å²) in [5, 5.41) is 2.80. The van der Waals surface area contributed by atoms with Gasteiger partial charge in [-0.3, -0.25) is 14.5 Å². The van der Waals surface area contributed by atoms with Crippen LogP contribution in [0.3, 0.4) is 0 Å². The van der Waals surface area contributed by atoms with Gasteiger partial charge in [0.05, 0.1) is 11.4 Å². The van der Waals surface area contributed by atoms with E-state index in [2.05, 4.69) is 11.4 Å². The fourth-order valence-corrected chi connectivity index (χ4v) is 3.75. The molecule has 2 aliphatic rings. The molecule has 5 heteroatoms. The molecular formula is C21H22N2O3. The van der Waals surface area contributed by atoms with Gasteiger partial charge in [0.25, 0.3) is 5.91 Å². The summed E-state index contributed by atoms with van der Waals surface area (Å²) in [4.78, 5) is 26.5. The van der Waals surface area contributed by atoms with Crippen molar-refractivity contribution in [2.24, 2.45) is 0 Å². The molecule has 0 radical (unpaired) electrons. The molecule has 0 fully saturated rings. The lowest BCUT2D eigenvalue weighted by Crippen LogP contribution is -2.47. The van der Waals surface area contributed by atoms with Crippen LogP contribution in [0.2, 0.25) is 0 Å². The molecule has 1 N–H and O–H groups in total. The van der Waals surface area contributed by atoms with Crippen LogP contribution in [0, 0.1) is 0 Å². The number of carbonyl (C=O) groups is 2. The number of ether oxygens (including phenoxy) is 1. The zero-order chi connectivity index (χ0) is 18.1. The van der Waals surface area contributed by atoms with Gasteiger partial charge in [0, 0.05) is 0 Å². The minimum atomic E-state index is -0.664. The van der Waals surface area contributed by atoms with E-state index >= 15 is 0 Å². The van der Waals surface area contributed by atoms with Crippen LogP contribution < -0.4 is 15.0 Å². The maximum Gasteiger partial charge on any atom is 0.268 e. The summed E-state index contributed by atoms with van der Waals surface area (Å²) in [5.74, 6) is 0.389. The van der Waals surface area contributed by atoms with Gasteiger partial charge in [-0.25, -0.2) is 0 Å². The summed E-state index contributed by atoms with van der Waals surface area (Å²) >= 11 is 0. The van der Waals surface area contributed by atoms with Gasteiger partial charge in [-0.2, -0.15) is 0 Å². The van der Waals surface area contributed by atoms with E-state index in [1.54, 1.807) is 13.0 Å². The topological polar surface area (TPSA) is 58.6 Å². The summed E-state index contributed by atoms with van der Waals surface area (Å²) in [6.45, 7) is 1.76. The van der Waals surface area contributed by atoms with Crippen molar-refractivity contribution in [3.05, 3.63) is 53.6 Å². The van der Waals surface area contributed by atoms with Gasteiger partial charge < -0.3 is 10.1 Å². The minimum Gasteiger partial charge on any atom is -0.481 e. The van der Waals surface area contributed by atoms with Crippen molar-refractivity contribution in [3.8, 4) is 5.75 Å². The molecule has 1 atom stereocenters. The molecule has 2 aromatic rings. The van der Waals surface area contributed by atoms with Crippen LogP contribution in [0.5, 0.6) is 5.75 Å². The largest absolute Gasteiger partial charge is 0.481 e. The number of para-hydroxylation sites is 2. The number of nitrogens with one attached hydrogen (secondary N) is 1. The van der Waals surface area contributed by atoms with Gasteiger partial charge in [-0.1, -0.05) is 24.3 Å². The van der Waals surface area contributed by atoms with E-state index in [0.29, 0.717) is 11.4 Å². The zero-order valence-electron chi connectivity index (χ0n) is 14.8. The Bertz CT molecular complexity index is 862. The molecule has 1 heterocycles. The second kappa shape index (κ2) is 6.83. The SMILES string of the molecule is C[C@@H](Oc1cccc2c1CCCC2)C(=O)N1CC(=O)Nc2ccccc21. The molecule has 0 bridgehead atoms. The molecule has 5 nitrogen and oxygen atoms in total. The first-order valence-electron chi connectivity index (χ1n) is 9.11. The lowest BCUT2D eigenvalue weighted by Gasteiger charge is -2.31. The highest BCUT2D eigenvalue weighted by molar-refractivity contribution is 6.10. The van der Waals surface area contributed by atoms with E-state index in [-0.39, 0.29) is 18.4 Å². The molecular weight excluding hydrogens is 328 g/mol. The Hall–Kier alpha value is -2.82. The van der Waals surface area contributed by atoms with Gasteiger partial charge in [0.15, 0.2) is 6.10 Å². The molecule has 0 aromatic heterocycles. The third kappa shape index (κ3) is 3.05. The second-order valence-electron chi connectivity index (χ2n) is 6.85. The molecule has 0 saturated heterocycles. The maximum atomic E-state index is 13.0. The fraction of sp³-hybridized carbons (Fsp3) is 0.333. The van der Waals surface area contributed by atoms with Crippen LogP contribution in [0.1, 0.15) is 30.9 Å². The Morgan fingerprint density at radius 2 is 1.92 bits per heavy atom. The number of hydrogen-bond acceptors (Lipinski definition) is 3. The normalized spacial score (nSPS) is 17.0. The van der Waals surface area contributed by atoms with Gasteiger partial charge in [0.2, 0.25) is 5.91 Å². The number of benzene rings is 2. The van der Waals surface area contributed by atoms with Crippen molar-refractivity contribution in [1.82, 2.24) is 0 Å². The summed E-state index contributed by atoms with van der Waals surface area (Å²) in [6, 6.07) is 13.4. The van der Waals surface area contributed by atoms with E-state index in [0.717, 1.165) is 25.0 Å². The first-order valence-corrected chi connectivity index (χ1v) is 9.11. The van der Waals surface area contributed by atoms with Crippen LogP contribution in [0.15, 0.2) is 42.5 Å².